The number of ether oxygens (including phenoxy) is 2. The number of amides is 2. The number of thiocarbonyl (C=S) groups is 1. The molecule has 3 aromatic carbocycles. The third-order valence-electron chi connectivity index (χ3n) is 5.10. The quantitative estimate of drug-likeness (QED) is 0.336. The lowest BCUT2D eigenvalue weighted by Crippen LogP contribution is -2.34. The van der Waals surface area contributed by atoms with E-state index in [-0.39, 0.29) is 23.0 Å². The Morgan fingerprint density at radius 1 is 0.857 bits per heavy atom. The normalized spacial score (nSPS) is 11.2. The molecule has 0 bridgehead atoms. The fourth-order valence-electron chi connectivity index (χ4n) is 3.12. The van der Waals surface area contributed by atoms with Crippen LogP contribution >= 0.6 is 12.2 Å². The van der Waals surface area contributed by atoms with Gasteiger partial charge in [-0.05, 0) is 93.1 Å². The highest BCUT2D eigenvalue weighted by Crippen LogP contribution is 2.20. The van der Waals surface area contributed by atoms with Crippen LogP contribution in [-0.2, 0) is 0 Å². The minimum atomic E-state index is -0.367. The Bertz CT molecular complexity index is 1160. The Kier molecular flexibility index (Phi) is 9.20. The molecule has 0 radical (unpaired) electrons. The summed E-state index contributed by atoms with van der Waals surface area (Å²) in [5.41, 5.74) is 1.92. The Morgan fingerprint density at radius 2 is 1.51 bits per heavy atom. The van der Waals surface area contributed by atoms with Crippen LogP contribution in [0.3, 0.4) is 0 Å². The highest BCUT2D eigenvalue weighted by Gasteiger charge is 2.14. The average molecular weight is 492 g/mol. The number of rotatable bonds is 9. The number of hydrogen-bond acceptors (Lipinski definition) is 5. The van der Waals surface area contributed by atoms with E-state index in [9.17, 15) is 9.59 Å². The molecular weight excluding hydrogens is 462 g/mol. The third kappa shape index (κ3) is 7.55. The number of carbonyl (C=O) groups excluding carboxylic acids is 2. The fraction of sp³-hybridized carbons (Fsp3) is 0.222. The van der Waals surface area contributed by atoms with E-state index in [0.717, 1.165) is 12.2 Å². The number of carbonyl (C=O) groups is 2. The van der Waals surface area contributed by atoms with Gasteiger partial charge in [0, 0.05) is 11.3 Å². The molecule has 35 heavy (non-hydrogen) atoms. The highest BCUT2D eigenvalue weighted by atomic mass is 32.1. The van der Waals surface area contributed by atoms with Gasteiger partial charge in [-0.25, -0.2) is 0 Å². The summed E-state index contributed by atoms with van der Waals surface area (Å²) in [6.45, 7) is 6.51. The van der Waals surface area contributed by atoms with E-state index in [4.69, 9.17) is 21.7 Å². The predicted octanol–water partition coefficient (Wildman–Crippen LogP) is 5.64. The minimum Gasteiger partial charge on any atom is -0.494 e. The average Bonchev–Trinajstić information content (AvgIpc) is 2.86. The molecule has 8 heteroatoms. The summed E-state index contributed by atoms with van der Waals surface area (Å²) in [6, 6.07) is 20.9. The predicted molar refractivity (Wildman–Crippen MR) is 143 cm³/mol. The topological polar surface area (TPSA) is 88.7 Å². The van der Waals surface area contributed by atoms with Crippen LogP contribution < -0.4 is 25.4 Å². The Labute approximate surface area is 210 Å². The first-order valence-corrected chi connectivity index (χ1v) is 11.8. The van der Waals surface area contributed by atoms with Crippen molar-refractivity contribution in [3.05, 3.63) is 83.9 Å². The Hall–Kier alpha value is -3.91. The van der Waals surface area contributed by atoms with Crippen LogP contribution in [0.5, 0.6) is 11.5 Å². The van der Waals surface area contributed by atoms with Crippen LogP contribution in [0, 0.1) is 0 Å². The van der Waals surface area contributed by atoms with E-state index >= 15 is 0 Å². The van der Waals surface area contributed by atoms with E-state index < -0.39 is 0 Å². The van der Waals surface area contributed by atoms with Gasteiger partial charge in [0.05, 0.1) is 24.0 Å². The Balaban J connectivity index is 1.61. The second-order valence-corrected chi connectivity index (χ2v) is 8.13. The van der Waals surface area contributed by atoms with Crippen LogP contribution in [0.15, 0.2) is 72.8 Å². The molecule has 0 spiro atoms. The van der Waals surface area contributed by atoms with Crippen molar-refractivity contribution in [1.29, 1.82) is 0 Å². The van der Waals surface area contributed by atoms with Crippen LogP contribution in [0.2, 0.25) is 0 Å². The van der Waals surface area contributed by atoms with Gasteiger partial charge in [-0.15, -0.1) is 0 Å². The van der Waals surface area contributed by atoms with Crippen molar-refractivity contribution in [3.63, 3.8) is 0 Å². The SMILES string of the molecule is CCOc1ccc(NC(=O)c2ccccc2NC(=S)NC(=O)c2ccc(OC(C)CC)cc2)cc1. The molecule has 0 aliphatic rings. The van der Waals surface area contributed by atoms with Crippen LogP contribution in [0.1, 0.15) is 47.9 Å². The van der Waals surface area contributed by atoms with Crippen LogP contribution in [-0.4, -0.2) is 29.6 Å². The van der Waals surface area contributed by atoms with Crippen molar-refractivity contribution in [2.75, 3.05) is 17.2 Å². The molecule has 1 atom stereocenters. The van der Waals surface area contributed by atoms with E-state index in [1.54, 1.807) is 72.8 Å². The van der Waals surface area contributed by atoms with Gasteiger partial charge in [-0.3, -0.25) is 14.9 Å². The molecule has 0 saturated carbocycles. The van der Waals surface area contributed by atoms with E-state index in [0.29, 0.717) is 34.9 Å². The van der Waals surface area contributed by atoms with Crippen molar-refractivity contribution >= 4 is 40.5 Å². The first kappa shape index (κ1) is 25.7. The lowest BCUT2D eigenvalue weighted by Gasteiger charge is -2.14. The molecule has 0 saturated heterocycles. The van der Waals surface area contributed by atoms with Crippen molar-refractivity contribution in [2.24, 2.45) is 0 Å². The van der Waals surface area contributed by atoms with Gasteiger partial charge in [0.25, 0.3) is 11.8 Å². The summed E-state index contributed by atoms with van der Waals surface area (Å²) in [7, 11) is 0. The molecule has 0 fully saturated rings. The maximum Gasteiger partial charge on any atom is 0.257 e. The van der Waals surface area contributed by atoms with Gasteiger partial charge in [0.15, 0.2) is 5.11 Å². The zero-order valence-electron chi connectivity index (χ0n) is 20.0. The summed E-state index contributed by atoms with van der Waals surface area (Å²) in [6.07, 6.45) is 0.986. The zero-order valence-corrected chi connectivity index (χ0v) is 20.8. The molecule has 3 rings (SSSR count). The van der Waals surface area contributed by atoms with Crippen LogP contribution in [0.25, 0.3) is 0 Å². The fourth-order valence-corrected chi connectivity index (χ4v) is 3.32. The molecule has 3 N–H and O–H groups in total. The van der Waals surface area contributed by atoms with Crippen molar-refractivity contribution in [3.8, 4) is 11.5 Å². The molecule has 0 aliphatic carbocycles. The number of para-hydroxylation sites is 1. The number of anilines is 2. The highest BCUT2D eigenvalue weighted by molar-refractivity contribution is 7.80. The summed E-state index contributed by atoms with van der Waals surface area (Å²) in [5, 5.41) is 8.52. The second kappa shape index (κ2) is 12.5. The van der Waals surface area contributed by atoms with E-state index in [1.165, 1.54) is 0 Å². The largest absolute Gasteiger partial charge is 0.494 e. The molecule has 0 aromatic heterocycles. The zero-order chi connectivity index (χ0) is 25.2. The summed E-state index contributed by atoms with van der Waals surface area (Å²) < 4.78 is 11.2. The molecule has 0 aliphatic heterocycles. The van der Waals surface area contributed by atoms with E-state index in [2.05, 4.69) is 16.0 Å². The van der Waals surface area contributed by atoms with E-state index in [1.807, 2.05) is 20.8 Å². The summed E-state index contributed by atoms with van der Waals surface area (Å²) >= 11 is 5.31. The number of hydrogen-bond donors (Lipinski definition) is 3. The molecule has 7 nitrogen and oxygen atoms in total. The molecular formula is C27H29N3O4S. The molecule has 1 unspecified atom stereocenters. The van der Waals surface area contributed by atoms with Gasteiger partial charge in [-0.2, -0.15) is 0 Å². The van der Waals surface area contributed by atoms with Crippen LogP contribution in [0.4, 0.5) is 11.4 Å². The molecule has 2 amide bonds. The number of benzene rings is 3. The van der Waals surface area contributed by atoms with Crippen molar-refractivity contribution < 1.29 is 19.1 Å². The Morgan fingerprint density at radius 3 is 2.17 bits per heavy atom. The van der Waals surface area contributed by atoms with Gasteiger partial charge in [0.1, 0.15) is 11.5 Å². The minimum absolute atomic E-state index is 0.0799. The molecule has 0 heterocycles. The monoisotopic (exact) mass is 491 g/mol. The van der Waals surface area contributed by atoms with Crippen molar-refractivity contribution in [2.45, 2.75) is 33.3 Å². The lowest BCUT2D eigenvalue weighted by atomic mass is 10.1. The van der Waals surface area contributed by atoms with Crippen molar-refractivity contribution in [1.82, 2.24) is 5.32 Å². The second-order valence-electron chi connectivity index (χ2n) is 7.73. The maximum absolute atomic E-state index is 12.9. The van der Waals surface area contributed by atoms with Gasteiger partial charge < -0.3 is 20.1 Å². The third-order valence-corrected chi connectivity index (χ3v) is 5.30. The lowest BCUT2D eigenvalue weighted by molar-refractivity contribution is 0.0976. The van der Waals surface area contributed by atoms with Gasteiger partial charge in [-0.1, -0.05) is 19.1 Å². The smallest absolute Gasteiger partial charge is 0.257 e. The van der Waals surface area contributed by atoms with Gasteiger partial charge in [0.2, 0.25) is 0 Å². The van der Waals surface area contributed by atoms with Gasteiger partial charge >= 0.3 is 0 Å². The summed E-state index contributed by atoms with van der Waals surface area (Å²) in [5.74, 6) is 0.743. The molecule has 182 valence electrons. The first-order valence-electron chi connectivity index (χ1n) is 11.4. The maximum atomic E-state index is 12.9. The standard InChI is InChI=1S/C27H29N3O4S/c1-4-18(3)34-22-14-10-19(11-15-22)25(31)30-27(35)29-24-9-7-6-8-23(24)26(32)28-20-12-16-21(17-13-20)33-5-2/h6-18H,4-5H2,1-3H3,(H,28,32)(H2,29,30,31,35). The first-order chi connectivity index (χ1) is 16.9. The summed E-state index contributed by atoms with van der Waals surface area (Å²) in [4.78, 5) is 25.5. The number of nitrogens with one attached hydrogen (secondary N) is 3. The molecule has 3 aromatic rings.